The average Bonchev–Trinajstić information content (AvgIpc) is 3.14. The van der Waals surface area contributed by atoms with Crippen molar-refractivity contribution in [3.63, 3.8) is 0 Å². The van der Waals surface area contributed by atoms with E-state index < -0.39 is 0 Å². The van der Waals surface area contributed by atoms with Gasteiger partial charge in [0, 0.05) is 36.0 Å². The van der Waals surface area contributed by atoms with Crippen molar-refractivity contribution in [2.45, 2.75) is 6.92 Å². The first-order chi connectivity index (χ1) is 10.3. The summed E-state index contributed by atoms with van der Waals surface area (Å²) in [7, 11) is 0. The summed E-state index contributed by atoms with van der Waals surface area (Å²) in [5.41, 5.74) is 4.21. The highest BCUT2D eigenvalue weighted by Gasteiger charge is 2.10. The molecule has 0 spiro atoms. The molecule has 7 nitrogen and oxygen atoms in total. The lowest BCUT2D eigenvalue weighted by atomic mass is 10.3. The SMILES string of the molecule is Cc1ccn2ncc(-n3cc(-c4cnccn4)cn3)c2n1. The summed E-state index contributed by atoms with van der Waals surface area (Å²) in [6.45, 7) is 1.95. The molecule has 102 valence electrons. The third-order valence-corrected chi connectivity index (χ3v) is 3.18. The van der Waals surface area contributed by atoms with E-state index in [1.807, 2.05) is 25.4 Å². The van der Waals surface area contributed by atoms with Gasteiger partial charge in [-0.25, -0.2) is 14.2 Å². The highest BCUT2D eigenvalue weighted by molar-refractivity contribution is 5.61. The van der Waals surface area contributed by atoms with Crippen molar-refractivity contribution >= 4 is 5.65 Å². The van der Waals surface area contributed by atoms with Crippen LogP contribution in [0.15, 0.2) is 49.4 Å². The molecule has 4 aromatic rings. The molecule has 0 aromatic carbocycles. The largest absolute Gasteiger partial charge is 0.261 e. The van der Waals surface area contributed by atoms with Crippen LogP contribution in [-0.2, 0) is 0 Å². The van der Waals surface area contributed by atoms with Crippen LogP contribution in [0.2, 0.25) is 0 Å². The molecular formula is C14H11N7. The second-order valence-electron chi connectivity index (χ2n) is 4.63. The highest BCUT2D eigenvalue weighted by atomic mass is 15.3. The van der Waals surface area contributed by atoms with Crippen molar-refractivity contribution < 1.29 is 0 Å². The van der Waals surface area contributed by atoms with Crippen LogP contribution in [0.5, 0.6) is 0 Å². The van der Waals surface area contributed by atoms with E-state index in [1.165, 1.54) is 0 Å². The summed E-state index contributed by atoms with van der Waals surface area (Å²) >= 11 is 0. The topological polar surface area (TPSA) is 73.8 Å². The molecule has 0 aliphatic carbocycles. The number of hydrogen-bond acceptors (Lipinski definition) is 5. The molecule has 7 heteroatoms. The van der Waals surface area contributed by atoms with E-state index in [1.54, 1.807) is 40.2 Å². The Bertz CT molecular complexity index is 907. The van der Waals surface area contributed by atoms with Crippen LogP contribution in [0.3, 0.4) is 0 Å². The Morgan fingerprint density at radius 1 is 1.05 bits per heavy atom. The minimum absolute atomic E-state index is 0.767. The van der Waals surface area contributed by atoms with Gasteiger partial charge in [0.1, 0.15) is 5.69 Å². The Morgan fingerprint density at radius 2 is 2.00 bits per heavy atom. The molecule has 4 heterocycles. The summed E-state index contributed by atoms with van der Waals surface area (Å²) in [5.74, 6) is 0. The Labute approximate surface area is 119 Å². The monoisotopic (exact) mass is 277 g/mol. The van der Waals surface area contributed by atoms with Gasteiger partial charge in [-0.15, -0.1) is 0 Å². The van der Waals surface area contributed by atoms with Gasteiger partial charge in [-0.05, 0) is 13.0 Å². The number of aromatic nitrogens is 7. The molecule has 0 aliphatic heterocycles. The number of aryl methyl sites for hydroxylation is 1. The van der Waals surface area contributed by atoms with Gasteiger partial charge in [0.05, 0.1) is 24.3 Å². The molecule has 4 aromatic heterocycles. The molecular weight excluding hydrogens is 266 g/mol. The zero-order valence-corrected chi connectivity index (χ0v) is 11.2. The molecule has 0 saturated carbocycles. The van der Waals surface area contributed by atoms with E-state index in [0.717, 1.165) is 28.3 Å². The van der Waals surface area contributed by atoms with Gasteiger partial charge in [0.2, 0.25) is 0 Å². The van der Waals surface area contributed by atoms with Crippen molar-refractivity contribution in [3.8, 4) is 16.9 Å². The van der Waals surface area contributed by atoms with E-state index in [4.69, 9.17) is 0 Å². The number of fused-ring (bicyclic) bond motifs is 1. The fourth-order valence-electron chi connectivity index (χ4n) is 2.14. The second-order valence-corrected chi connectivity index (χ2v) is 4.63. The number of rotatable bonds is 2. The first-order valence-electron chi connectivity index (χ1n) is 6.44. The third kappa shape index (κ3) is 1.95. The molecule has 0 atom stereocenters. The summed E-state index contributed by atoms with van der Waals surface area (Å²) < 4.78 is 3.48. The van der Waals surface area contributed by atoms with Crippen LogP contribution in [0.4, 0.5) is 0 Å². The highest BCUT2D eigenvalue weighted by Crippen LogP contribution is 2.19. The lowest BCUT2D eigenvalue weighted by molar-refractivity contribution is 0.883. The van der Waals surface area contributed by atoms with Crippen molar-refractivity contribution in [1.82, 2.24) is 34.3 Å². The minimum Gasteiger partial charge on any atom is -0.261 e. The lowest BCUT2D eigenvalue weighted by Gasteiger charge is -1.99. The zero-order chi connectivity index (χ0) is 14.2. The van der Waals surface area contributed by atoms with E-state index >= 15 is 0 Å². The quantitative estimate of drug-likeness (QED) is 0.557. The number of hydrogen-bond donors (Lipinski definition) is 0. The van der Waals surface area contributed by atoms with Gasteiger partial charge in [0.15, 0.2) is 5.65 Å². The van der Waals surface area contributed by atoms with Crippen LogP contribution >= 0.6 is 0 Å². The van der Waals surface area contributed by atoms with Crippen molar-refractivity contribution in [1.29, 1.82) is 0 Å². The molecule has 0 saturated heterocycles. The Hall–Kier alpha value is -3.09. The number of nitrogens with zero attached hydrogens (tertiary/aromatic N) is 7. The van der Waals surface area contributed by atoms with E-state index in [9.17, 15) is 0 Å². The third-order valence-electron chi connectivity index (χ3n) is 3.18. The van der Waals surface area contributed by atoms with Gasteiger partial charge in [-0.2, -0.15) is 10.2 Å². The van der Waals surface area contributed by atoms with E-state index in [2.05, 4.69) is 25.1 Å². The van der Waals surface area contributed by atoms with Gasteiger partial charge in [-0.1, -0.05) is 0 Å². The van der Waals surface area contributed by atoms with Crippen LogP contribution in [0.1, 0.15) is 5.69 Å². The molecule has 0 N–H and O–H groups in total. The predicted octanol–water partition coefficient (Wildman–Crippen LogP) is 1.68. The smallest absolute Gasteiger partial charge is 0.181 e. The van der Waals surface area contributed by atoms with Crippen molar-refractivity contribution in [2.75, 3.05) is 0 Å². The fraction of sp³-hybridized carbons (Fsp3) is 0.0714. The molecule has 0 bridgehead atoms. The van der Waals surface area contributed by atoms with Crippen LogP contribution in [-0.4, -0.2) is 34.3 Å². The van der Waals surface area contributed by atoms with Gasteiger partial charge in [0.25, 0.3) is 0 Å². The van der Waals surface area contributed by atoms with E-state index in [0.29, 0.717) is 0 Å². The van der Waals surface area contributed by atoms with Crippen molar-refractivity contribution in [3.05, 3.63) is 55.1 Å². The molecule has 0 fully saturated rings. The summed E-state index contributed by atoms with van der Waals surface area (Å²) in [4.78, 5) is 12.8. The van der Waals surface area contributed by atoms with Gasteiger partial charge >= 0.3 is 0 Å². The van der Waals surface area contributed by atoms with E-state index in [-0.39, 0.29) is 0 Å². The lowest BCUT2D eigenvalue weighted by Crippen LogP contribution is -1.97. The fourth-order valence-corrected chi connectivity index (χ4v) is 2.14. The second kappa shape index (κ2) is 4.48. The van der Waals surface area contributed by atoms with Gasteiger partial charge in [-0.3, -0.25) is 9.97 Å². The molecule has 0 unspecified atom stereocenters. The first kappa shape index (κ1) is 11.7. The van der Waals surface area contributed by atoms with Crippen molar-refractivity contribution in [2.24, 2.45) is 0 Å². The maximum Gasteiger partial charge on any atom is 0.181 e. The van der Waals surface area contributed by atoms with Gasteiger partial charge < -0.3 is 0 Å². The zero-order valence-electron chi connectivity index (χ0n) is 11.2. The summed E-state index contributed by atoms with van der Waals surface area (Å²) in [6, 6.07) is 1.91. The molecule has 21 heavy (non-hydrogen) atoms. The average molecular weight is 277 g/mol. The minimum atomic E-state index is 0.767. The molecule has 0 radical (unpaired) electrons. The standard InChI is InChI=1S/C14H11N7/c1-10-2-5-20-14(19-10)13(8-18-20)21-9-11(6-17-21)12-7-15-3-4-16-12/h2-9H,1H3. The molecule has 4 rings (SSSR count). The Morgan fingerprint density at radius 3 is 2.86 bits per heavy atom. The maximum atomic E-state index is 4.51. The molecule has 0 aliphatic rings. The first-order valence-corrected chi connectivity index (χ1v) is 6.44. The normalized spacial score (nSPS) is 11.1. The molecule has 0 amide bonds. The van der Waals surface area contributed by atoms with Crippen LogP contribution < -0.4 is 0 Å². The Balaban J connectivity index is 1.83. The maximum absolute atomic E-state index is 4.51. The van der Waals surface area contributed by atoms with Crippen LogP contribution in [0, 0.1) is 6.92 Å². The summed E-state index contributed by atoms with van der Waals surface area (Å²) in [6.07, 6.45) is 12.3. The predicted molar refractivity (Wildman–Crippen MR) is 75.9 cm³/mol. The van der Waals surface area contributed by atoms with Crippen LogP contribution in [0.25, 0.3) is 22.6 Å². The Kier molecular flexibility index (Phi) is 2.50. The summed E-state index contributed by atoms with van der Waals surface area (Å²) in [5, 5.41) is 8.65.